The lowest BCUT2D eigenvalue weighted by Gasteiger charge is -2.18. The molecule has 7 nitrogen and oxygen atoms in total. The van der Waals surface area contributed by atoms with Crippen molar-refractivity contribution in [1.82, 2.24) is 14.6 Å². The maximum absolute atomic E-state index is 11.9. The average molecular weight is 287 g/mol. The van der Waals surface area contributed by atoms with E-state index < -0.39 is 20.3 Å². The van der Waals surface area contributed by atoms with Crippen molar-refractivity contribution < 1.29 is 13.2 Å². The largest absolute Gasteiger partial charge is 0.366 e. The molecular weight excluding hydrogens is 270 g/mol. The molecule has 0 aliphatic carbocycles. The predicted molar refractivity (Wildman–Crippen MR) is 70.2 cm³/mol. The van der Waals surface area contributed by atoms with E-state index in [0.717, 1.165) is 12.3 Å². The van der Waals surface area contributed by atoms with Crippen molar-refractivity contribution in [1.29, 1.82) is 0 Å². The van der Waals surface area contributed by atoms with Crippen LogP contribution in [0, 0.1) is 0 Å². The number of nitrogens with one attached hydrogen (secondary N) is 2. The molecule has 0 spiro atoms. The van der Waals surface area contributed by atoms with E-state index in [1.54, 1.807) is 13.8 Å². The van der Waals surface area contributed by atoms with Gasteiger partial charge in [0.05, 0.1) is 6.54 Å². The Hall–Kier alpha value is -1.67. The Bertz CT molecular complexity index is 590. The Labute approximate surface area is 111 Å². The smallest absolute Gasteiger partial charge is 0.246 e. The van der Waals surface area contributed by atoms with E-state index in [4.69, 9.17) is 0 Å². The Morgan fingerprint density at radius 1 is 1.37 bits per heavy atom. The van der Waals surface area contributed by atoms with Gasteiger partial charge in [0.25, 0.3) is 0 Å². The van der Waals surface area contributed by atoms with Crippen LogP contribution in [0.1, 0.15) is 13.8 Å². The number of hydrogen-bond acceptors (Lipinski definition) is 4. The average Bonchev–Trinajstić information content (AvgIpc) is 2.38. The molecule has 1 heterocycles. The summed E-state index contributed by atoms with van der Waals surface area (Å²) in [5.74, 6) is -0.332. The number of hydrogen-bond donors (Lipinski definition) is 2. The summed E-state index contributed by atoms with van der Waals surface area (Å²) in [5.41, 5.74) is -0.624. The molecule has 0 fully saturated rings. The van der Waals surface area contributed by atoms with Crippen LogP contribution in [0.5, 0.6) is 0 Å². The van der Waals surface area contributed by atoms with E-state index >= 15 is 0 Å². The highest BCUT2D eigenvalue weighted by Gasteiger charge is 2.19. The van der Waals surface area contributed by atoms with Crippen LogP contribution in [0.3, 0.4) is 0 Å². The molecule has 2 N–H and O–H groups in total. The van der Waals surface area contributed by atoms with E-state index in [2.05, 4.69) is 9.71 Å². The number of aromatic nitrogens is 1. The van der Waals surface area contributed by atoms with Crippen molar-refractivity contribution in [2.24, 2.45) is 0 Å². The van der Waals surface area contributed by atoms with Gasteiger partial charge in [-0.05, 0) is 13.8 Å². The highest BCUT2D eigenvalue weighted by Crippen LogP contribution is 1.99. The van der Waals surface area contributed by atoms with Crippen LogP contribution >= 0.6 is 0 Å². The van der Waals surface area contributed by atoms with Gasteiger partial charge in [0.2, 0.25) is 21.4 Å². The number of nitrogens with zero attached hydrogens (tertiary/aromatic N) is 1. The minimum Gasteiger partial charge on any atom is -0.366 e. The van der Waals surface area contributed by atoms with Gasteiger partial charge in [-0.3, -0.25) is 9.59 Å². The lowest BCUT2D eigenvalue weighted by Crippen LogP contribution is -2.40. The number of aromatic amines is 1. The third-order valence-corrected chi connectivity index (χ3v) is 4.03. The first-order chi connectivity index (χ1) is 8.92. The molecule has 1 rings (SSSR count). The zero-order chi connectivity index (χ0) is 14.5. The number of rotatable bonds is 6. The molecule has 0 saturated heterocycles. The van der Waals surface area contributed by atoms with Crippen LogP contribution < -0.4 is 10.2 Å². The van der Waals surface area contributed by atoms with Gasteiger partial charge >= 0.3 is 0 Å². The highest BCUT2D eigenvalue weighted by molar-refractivity contribution is 7.89. The number of pyridine rings is 1. The monoisotopic (exact) mass is 287 g/mol. The van der Waals surface area contributed by atoms with Gasteiger partial charge in [-0.2, -0.15) is 0 Å². The fraction of sp³-hybridized carbons (Fsp3) is 0.455. The van der Waals surface area contributed by atoms with Crippen molar-refractivity contribution >= 4 is 15.9 Å². The summed E-state index contributed by atoms with van der Waals surface area (Å²) in [6.07, 6.45) is 2.43. The van der Waals surface area contributed by atoms with Crippen LogP contribution in [0.25, 0.3) is 0 Å². The van der Waals surface area contributed by atoms with Crippen molar-refractivity contribution in [3.8, 4) is 0 Å². The van der Waals surface area contributed by atoms with Crippen molar-refractivity contribution in [2.75, 3.05) is 19.6 Å². The first-order valence-corrected chi connectivity index (χ1v) is 7.35. The van der Waals surface area contributed by atoms with Crippen molar-refractivity contribution in [3.63, 3.8) is 0 Å². The summed E-state index contributed by atoms with van der Waals surface area (Å²) in [6, 6.07) is 1.11. The molecule has 0 bridgehead atoms. The fourth-order valence-corrected chi connectivity index (χ4v) is 2.56. The number of amides is 1. The summed E-state index contributed by atoms with van der Waals surface area (Å²) >= 11 is 0. The summed E-state index contributed by atoms with van der Waals surface area (Å²) < 4.78 is 25.8. The first kappa shape index (κ1) is 15.4. The van der Waals surface area contributed by atoms with Crippen molar-refractivity contribution in [2.45, 2.75) is 18.7 Å². The minimum atomic E-state index is -3.98. The number of H-pyrrole nitrogens is 1. The molecule has 1 amide bonds. The van der Waals surface area contributed by atoms with E-state index in [-0.39, 0.29) is 12.5 Å². The quantitative estimate of drug-likeness (QED) is 0.738. The molecule has 0 aliphatic heterocycles. The molecule has 19 heavy (non-hydrogen) atoms. The summed E-state index contributed by atoms with van der Waals surface area (Å²) in [4.78, 5) is 26.7. The topological polar surface area (TPSA) is 99.3 Å². The van der Waals surface area contributed by atoms with E-state index in [0.29, 0.717) is 13.1 Å². The Kier molecular flexibility index (Phi) is 5.25. The molecular formula is C11H17N3O4S. The van der Waals surface area contributed by atoms with Gasteiger partial charge < -0.3 is 9.88 Å². The number of carbonyl (C=O) groups is 1. The van der Waals surface area contributed by atoms with Gasteiger partial charge in [0, 0.05) is 31.5 Å². The molecule has 0 atom stereocenters. The van der Waals surface area contributed by atoms with Crippen molar-refractivity contribution in [3.05, 3.63) is 28.7 Å². The standard InChI is InChI=1S/C11H17N3O4S/c1-3-14(4-2)11(16)8-13-19(17,18)10-7-12-6-5-9(10)15/h5-7,13H,3-4,8H2,1-2H3,(H,12,15). The Morgan fingerprint density at radius 2 is 2.00 bits per heavy atom. The lowest BCUT2D eigenvalue weighted by molar-refractivity contribution is -0.129. The molecule has 106 valence electrons. The molecule has 0 radical (unpaired) electrons. The third-order valence-electron chi connectivity index (χ3n) is 2.61. The third kappa shape index (κ3) is 3.90. The number of sulfonamides is 1. The maximum atomic E-state index is 11.9. The predicted octanol–water partition coefficient (Wildman–Crippen LogP) is -0.478. The lowest BCUT2D eigenvalue weighted by atomic mass is 10.4. The molecule has 8 heteroatoms. The zero-order valence-electron chi connectivity index (χ0n) is 10.8. The number of carbonyl (C=O) groups excluding carboxylic acids is 1. The molecule has 0 aromatic carbocycles. The summed E-state index contributed by atoms with van der Waals surface area (Å²) in [6.45, 7) is 4.25. The SMILES string of the molecule is CCN(CC)C(=O)CNS(=O)(=O)c1c[nH]ccc1=O. The van der Waals surface area contributed by atoms with E-state index in [1.807, 2.05) is 0 Å². The first-order valence-electron chi connectivity index (χ1n) is 5.87. The second-order valence-electron chi connectivity index (χ2n) is 3.76. The molecule has 0 unspecified atom stereocenters. The maximum Gasteiger partial charge on any atom is 0.246 e. The van der Waals surface area contributed by atoms with Crippen LogP contribution in [0.2, 0.25) is 0 Å². The fourth-order valence-electron chi connectivity index (χ4n) is 1.53. The highest BCUT2D eigenvalue weighted by atomic mass is 32.2. The minimum absolute atomic E-state index is 0.332. The normalized spacial score (nSPS) is 11.3. The van der Waals surface area contributed by atoms with Crippen LogP contribution in [-0.4, -0.2) is 43.8 Å². The van der Waals surface area contributed by atoms with Gasteiger partial charge in [-0.15, -0.1) is 0 Å². The van der Waals surface area contributed by atoms with Crippen LogP contribution in [0.4, 0.5) is 0 Å². The van der Waals surface area contributed by atoms with Crippen LogP contribution in [0.15, 0.2) is 28.2 Å². The second-order valence-corrected chi connectivity index (χ2v) is 5.50. The van der Waals surface area contributed by atoms with E-state index in [9.17, 15) is 18.0 Å². The van der Waals surface area contributed by atoms with Gasteiger partial charge in [-0.25, -0.2) is 13.1 Å². The van der Waals surface area contributed by atoms with E-state index in [1.165, 1.54) is 11.1 Å². The second kappa shape index (κ2) is 6.48. The Morgan fingerprint density at radius 3 is 2.53 bits per heavy atom. The van der Waals surface area contributed by atoms with Gasteiger partial charge in [0.15, 0.2) is 0 Å². The molecule has 0 saturated carbocycles. The van der Waals surface area contributed by atoms with Crippen LogP contribution in [-0.2, 0) is 14.8 Å². The van der Waals surface area contributed by atoms with Gasteiger partial charge in [-0.1, -0.05) is 0 Å². The molecule has 0 aliphatic rings. The van der Waals surface area contributed by atoms with Gasteiger partial charge in [0.1, 0.15) is 4.90 Å². The Balaban J connectivity index is 2.80. The molecule has 1 aromatic rings. The number of likely N-dealkylation sites (N-methyl/N-ethyl adjacent to an activating group) is 1. The summed E-state index contributed by atoms with van der Waals surface area (Å²) in [7, 11) is -3.98. The molecule has 1 aromatic heterocycles. The zero-order valence-corrected chi connectivity index (χ0v) is 11.7. The summed E-state index contributed by atoms with van der Waals surface area (Å²) in [5, 5.41) is 0.